The van der Waals surface area contributed by atoms with E-state index in [2.05, 4.69) is 5.32 Å². The number of carbonyl (C=O) groups excluding carboxylic acids is 2. The van der Waals surface area contributed by atoms with Crippen molar-refractivity contribution in [3.8, 4) is 0 Å². The minimum Gasteiger partial charge on any atom is -0.480 e. The van der Waals surface area contributed by atoms with Crippen LogP contribution in [0.2, 0.25) is 0 Å². The summed E-state index contributed by atoms with van der Waals surface area (Å²) in [6.45, 7) is 6.56. The topological polar surface area (TPSA) is 86.7 Å². The standard InChI is InChI=1S/C12H22N2O4/c1-7(2)11(9(4)15)13-10(16)6-14(5)8(3)12(17)18/h7-8,11H,6H2,1-5H3,(H,13,16)(H,17,18). The highest BCUT2D eigenvalue weighted by atomic mass is 16.4. The number of carboxylic acid groups (broad SMARTS) is 1. The molecule has 0 radical (unpaired) electrons. The van der Waals surface area contributed by atoms with Crippen LogP contribution in [0.5, 0.6) is 0 Å². The zero-order valence-corrected chi connectivity index (χ0v) is 11.6. The SMILES string of the molecule is CC(=O)C(NC(=O)CN(C)C(C)C(=O)O)C(C)C. The summed E-state index contributed by atoms with van der Waals surface area (Å²) in [5.74, 6) is -1.43. The molecule has 0 bridgehead atoms. The van der Waals surface area contributed by atoms with Crippen LogP contribution < -0.4 is 5.32 Å². The third-order valence-electron chi connectivity index (χ3n) is 2.83. The number of rotatable bonds is 7. The molecule has 2 unspecified atom stereocenters. The highest BCUT2D eigenvalue weighted by Gasteiger charge is 2.23. The molecule has 0 fully saturated rings. The summed E-state index contributed by atoms with van der Waals surface area (Å²) in [6, 6.07) is -1.27. The van der Waals surface area contributed by atoms with Gasteiger partial charge < -0.3 is 10.4 Å². The molecule has 0 saturated heterocycles. The van der Waals surface area contributed by atoms with E-state index in [4.69, 9.17) is 5.11 Å². The van der Waals surface area contributed by atoms with Gasteiger partial charge in [-0.05, 0) is 26.8 Å². The summed E-state index contributed by atoms with van der Waals surface area (Å²) < 4.78 is 0. The van der Waals surface area contributed by atoms with Crippen LogP contribution in [-0.4, -0.2) is 53.3 Å². The van der Waals surface area contributed by atoms with Gasteiger partial charge in [0.25, 0.3) is 0 Å². The van der Waals surface area contributed by atoms with E-state index in [1.807, 2.05) is 13.8 Å². The molecule has 104 valence electrons. The number of aliphatic carboxylic acids is 1. The summed E-state index contributed by atoms with van der Waals surface area (Å²) in [6.07, 6.45) is 0. The zero-order chi connectivity index (χ0) is 14.5. The van der Waals surface area contributed by atoms with Gasteiger partial charge in [-0.25, -0.2) is 0 Å². The lowest BCUT2D eigenvalue weighted by atomic mass is 10.0. The fourth-order valence-electron chi connectivity index (χ4n) is 1.51. The van der Waals surface area contributed by atoms with E-state index in [9.17, 15) is 14.4 Å². The maximum Gasteiger partial charge on any atom is 0.320 e. The van der Waals surface area contributed by atoms with Crippen LogP contribution in [0.25, 0.3) is 0 Å². The average Bonchev–Trinajstić information content (AvgIpc) is 2.23. The molecule has 2 N–H and O–H groups in total. The van der Waals surface area contributed by atoms with Gasteiger partial charge in [-0.3, -0.25) is 19.3 Å². The van der Waals surface area contributed by atoms with Crippen LogP contribution in [0.4, 0.5) is 0 Å². The fourth-order valence-corrected chi connectivity index (χ4v) is 1.51. The normalized spacial score (nSPS) is 14.4. The highest BCUT2D eigenvalue weighted by molar-refractivity contribution is 5.88. The Labute approximate surface area is 107 Å². The summed E-state index contributed by atoms with van der Waals surface area (Å²) in [5.41, 5.74) is 0. The monoisotopic (exact) mass is 258 g/mol. The molecule has 6 heteroatoms. The van der Waals surface area contributed by atoms with Gasteiger partial charge in [0.05, 0.1) is 12.6 Å². The zero-order valence-electron chi connectivity index (χ0n) is 11.6. The molecule has 0 aliphatic heterocycles. The lowest BCUT2D eigenvalue weighted by Crippen LogP contribution is -2.49. The second-order valence-corrected chi connectivity index (χ2v) is 4.83. The second kappa shape index (κ2) is 7.10. The van der Waals surface area contributed by atoms with Crippen LogP contribution in [0.1, 0.15) is 27.7 Å². The summed E-state index contributed by atoms with van der Waals surface area (Å²) >= 11 is 0. The summed E-state index contributed by atoms with van der Waals surface area (Å²) in [5, 5.41) is 11.4. The first-order valence-electron chi connectivity index (χ1n) is 5.89. The van der Waals surface area contributed by atoms with E-state index in [1.54, 1.807) is 7.05 Å². The number of nitrogens with zero attached hydrogens (tertiary/aromatic N) is 1. The van der Waals surface area contributed by atoms with Gasteiger partial charge in [0.1, 0.15) is 6.04 Å². The van der Waals surface area contributed by atoms with E-state index in [0.717, 1.165) is 0 Å². The molecule has 2 atom stereocenters. The molecule has 0 saturated carbocycles. The Hall–Kier alpha value is -1.43. The average molecular weight is 258 g/mol. The number of ketones is 1. The number of carboxylic acids is 1. The lowest BCUT2D eigenvalue weighted by Gasteiger charge is -2.24. The predicted molar refractivity (Wildman–Crippen MR) is 67.2 cm³/mol. The molecule has 0 aliphatic carbocycles. The molecule has 0 heterocycles. The van der Waals surface area contributed by atoms with Gasteiger partial charge in [0.15, 0.2) is 5.78 Å². The van der Waals surface area contributed by atoms with E-state index in [-0.39, 0.29) is 24.2 Å². The van der Waals surface area contributed by atoms with E-state index < -0.39 is 18.1 Å². The minimum absolute atomic E-state index is 0.00801. The van der Waals surface area contributed by atoms with Crippen molar-refractivity contribution in [2.24, 2.45) is 5.92 Å². The summed E-state index contributed by atoms with van der Waals surface area (Å²) in [7, 11) is 1.55. The van der Waals surface area contributed by atoms with Crippen molar-refractivity contribution < 1.29 is 19.5 Å². The predicted octanol–water partition coefficient (Wildman–Crippen LogP) is 0.121. The van der Waals surface area contributed by atoms with Crippen molar-refractivity contribution in [1.29, 1.82) is 0 Å². The molecule has 0 aromatic rings. The van der Waals surface area contributed by atoms with Crippen molar-refractivity contribution in [3.05, 3.63) is 0 Å². The number of hydrogen-bond donors (Lipinski definition) is 2. The molecule has 0 aliphatic rings. The van der Waals surface area contributed by atoms with Crippen molar-refractivity contribution in [3.63, 3.8) is 0 Å². The highest BCUT2D eigenvalue weighted by Crippen LogP contribution is 2.03. The maximum atomic E-state index is 11.7. The Balaban J connectivity index is 4.42. The second-order valence-electron chi connectivity index (χ2n) is 4.83. The molecule has 0 aromatic heterocycles. The van der Waals surface area contributed by atoms with Crippen LogP contribution in [0.15, 0.2) is 0 Å². The van der Waals surface area contributed by atoms with Gasteiger partial charge in [-0.2, -0.15) is 0 Å². The maximum absolute atomic E-state index is 11.7. The van der Waals surface area contributed by atoms with E-state index in [0.29, 0.717) is 0 Å². The number of amides is 1. The first kappa shape index (κ1) is 16.6. The van der Waals surface area contributed by atoms with Crippen molar-refractivity contribution in [2.75, 3.05) is 13.6 Å². The van der Waals surface area contributed by atoms with Crippen LogP contribution in [0, 0.1) is 5.92 Å². The van der Waals surface area contributed by atoms with Crippen LogP contribution in [0.3, 0.4) is 0 Å². The molecular weight excluding hydrogens is 236 g/mol. The largest absolute Gasteiger partial charge is 0.480 e. The first-order valence-corrected chi connectivity index (χ1v) is 5.89. The number of nitrogens with one attached hydrogen (secondary N) is 1. The Bertz CT molecular complexity index is 328. The van der Waals surface area contributed by atoms with Gasteiger partial charge in [-0.1, -0.05) is 13.8 Å². The van der Waals surface area contributed by atoms with Crippen molar-refractivity contribution in [1.82, 2.24) is 10.2 Å². The fraction of sp³-hybridized carbons (Fsp3) is 0.750. The van der Waals surface area contributed by atoms with E-state index in [1.165, 1.54) is 18.7 Å². The Morgan fingerprint density at radius 2 is 1.72 bits per heavy atom. The number of Topliss-reactive ketones (excluding diaryl/α,β-unsaturated/α-hetero) is 1. The van der Waals surface area contributed by atoms with E-state index >= 15 is 0 Å². The molecule has 0 spiro atoms. The third-order valence-corrected chi connectivity index (χ3v) is 2.83. The molecule has 1 amide bonds. The van der Waals surface area contributed by atoms with Crippen LogP contribution >= 0.6 is 0 Å². The third kappa shape index (κ3) is 5.27. The smallest absolute Gasteiger partial charge is 0.320 e. The molecule has 0 aromatic carbocycles. The van der Waals surface area contributed by atoms with Gasteiger partial charge in [0.2, 0.25) is 5.91 Å². The van der Waals surface area contributed by atoms with Crippen LogP contribution in [-0.2, 0) is 14.4 Å². The Morgan fingerprint density at radius 1 is 1.22 bits per heavy atom. The van der Waals surface area contributed by atoms with Gasteiger partial charge >= 0.3 is 5.97 Å². The molecule has 18 heavy (non-hydrogen) atoms. The Kier molecular flexibility index (Phi) is 6.54. The molecular formula is C12H22N2O4. The first-order chi connectivity index (χ1) is 8.16. The summed E-state index contributed by atoms with van der Waals surface area (Å²) in [4.78, 5) is 35.2. The molecule has 6 nitrogen and oxygen atoms in total. The van der Waals surface area contributed by atoms with Gasteiger partial charge in [0, 0.05) is 0 Å². The Morgan fingerprint density at radius 3 is 2.06 bits per heavy atom. The quantitative estimate of drug-likeness (QED) is 0.677. The number of carbonyl (C=O) groups is 3. The number of likely N-dealkylation sites (N-methyl/N-ethyl adjacent to an activating group) is 1. The van der Waals surface area contributed by atoms with Crippen molar-refractivity contribution in [2.45, 2.75) is 39.8 Å². The van der Waals surface area contributed by atoms with Gasteiger partial charge in [-0.15, -0.1) is 0 Å². The molecule has 0 rings (SSSR count). The number of hydrogen-bond acceptors (Lipinski definition) is 4. The minimum atomic E-state index is -0.989. The lowest BCUT2D eigenvalue weighted by molar-refractivity contribution is -0.142. The van der Waals surface area contributed by atoms with Crippen molar-refractivity contribution >= 4 is 17.7 Å².